The Morgan fingerprint density at radius 3 is 2.72 bits per heavy atom. The minimum absolute atomic E-state index is 0.0556. The molecule has 5 heteroatoms. The Kier molecular flexibility index (Phi) is 5.71. The van der Waals surface area contributed by atoms with Crippen molar-refractivity contribution in [3.05, 3.63) is 29.8 Å². The van der Waals surface area contributed by atoms with Crippen LogP contribution < -0.4 is 10.6 Å². The lowest BCUT2D eigenvalue weighted by atomic mass is 10.1. The van der Waals surface area contributed by atoms with E-state index in [2.05, 4.69) is 15.6 Å². The molecule has 0 aliphatic carbocycles. The molecular formula is C13H20FN3O. The van der Waals surface area contributed by atoms with Crippen LogP contribution in [0.4, 0.5) is 4.39 Å². The second-order valence-electron chi connectivity index (χ2n) is 4.74. The van der Waals surface area contributed by atoms with Gasteiger partial charge in [0.2, 0.25) is 5.91 Å². The van der Waals surface area contributed by atoms with Gasteiger partial charge in [0, 0.05) is 18.8 Å². The van der Waals surface area contributed by atoms with Gasteiger partial charge in [-0.2, -0.15) is 0 Å². The lowest BCUT2D eigenvalue weighted by Gasteiger charge is -2.14. The number of carbonyl (C=O) groups is 1. The van der Waals surface area contributed by atoms with Crippen molar-refractivity contribution in [2.75, 3.05) is 13.1 Å². The molecule has 0 radical (unpaired) electrons. The van der Waals surface area contributed by atoms with Crippen LogP contribution in [-0.4, -0.2) is 24.0 Å². The molecule has 1 aromatic rings. The van der Waals surface area contributed by atoms with Gasteiger partial charge < -0.3 is 10.6 Å². The highest BCUT2D eigenvalue weighted by Crippen LogP contribution is 2.11. The van der Waals surface area contributed by atoms with Crippen LogP contribution in [0.25, 0.3) is 0 Å². The molecule has 0 bridgehead atoms. The average Bonchev–Trinajstić information content (AvgIpc) is 2.33. The number of nitrogens with zero attached hydrogens (tertiary/aromatic N) is 1. The van der Waals surface area contributed by atoms with Gasteiger partial charge in [-0.05, 0) is 24.5 Å². The smallest absolute Gasteiger partial charge is 0.233 e. The van der Waals surface area contributed by atoms with E-state index >= 15 is 0 Å². The molecule has 0 spiro atoms. The van der Waals surface area contributed by atoms with Crippen LogP contribution in [0.15, 0.2) is 18.5 Å². The van der Waals surface area contributed by atoms with E-state index in [1.807, 2.05) is 20.8 Å². The molecule has 1 atom stereocenters. The molecule has 18 heavy (non-hydrogen) atoms. The summed E-state index contributed by atoms with van der Waals surface area (Å²) in [5, 5.41) is 5.84. The summed E-state index contributed by atoms with van der Waals surface area (Å²) in [6.45, 7) is 6.82. The Morgan fingerprint density at radius 1 is 1.39 bits per heavy atom. The van der Waals surface area contributed by atoms with E-state index < -0.39 is 0 Å². The largest absolute Gasteiger partial charge is 0.355 e. The number of amides is 1. The van der Waals surface area contributed by atoms with Crippen molar-refractivity contribution < 1.29 is 9.18 Å². The molecule has 1 unspecified atom stereocenters. The first-order chi connectivity index (χ1) is 8.49. The predicted molar refractivity (Wildman–Crippen MR) is 68.5 cm³/mol. The van der Waals surface area contributed by atoms with Gasteiger partial charge in [0.25, 0.3) is 0 Å². The van der Waals surface area contributed by atoms with E-state index in [0.717, 1.165) is 11.8 Å². The summed E-state index contributed by atoms with van der Waals surface area (Å²) in [6.07, 6.45) is 2.75. The maximum atomic E-state index is 13.0. The highest BCUT2D eigenvalue weighted by atomic mass is 19.1. The summed E-state index contributed by atoms with van der Waals surface area (Å²) in [7, 11) is 0. The van der Waals surface area contributed by atoms with Crippen molar-refractivity contribution in [2.45, 2.75) is 26.8 Å². The van der Waals surface area contributed by atoms with Crippen molar-refractivity contribution in [1.29, 1.82) is 0 Å². The van der Waals surface area contributed by atoms with E-state index in [-0.39, 0.29) is 24.3 Å². The number of aromatic nitrogens is 1. The lowest BCUT2D eigenvalue weighted by molar-refractivity contribution is -0.120. The molecular weight excluding hydrogens is 233 g/mol. The van der Waals surface area contributed by atoms with Crippen LogP contribution in [0.2, 0.25) is 0 Å². The monoisotopic (exact) mass is 253 g/mol. The molecule has 0 saturated heterocycles. The van der Waals surface area contributed by atoms with Crippen LogP contribution in [0.5, 0.6) is 0 Å². The van der Waals surface area contributed by atoms with Gasteiger partial charge in [-0.25, -0.2) is 4.39 Å². The molecule has 1 heterocycles. The molecule has 0 saturated carbocycles. The SMILES string of the molecule is CC(C)CNC(=O)CNC(C)c1cncc(F)c1. The van der Waals surface area contributed by atoms with Crippen molar-refractivity contribution in [1.82, 2.24) is 15.6 Å². The number of hydrogen-bond acceptors (Lipinski definition) is 3. The fourth-order valence-corrected chi connectivity index (χ4v) is 1.41. The Hall–Kier alpha value is -1.49. The topological polar surface area (TPSA) is 54.0 Å². The van der Waals surface area contributed by atoms with E-state index in [1.54, 1.807) is 6.20 Å². The molecule has 0 fully saturated rings. The third kappa shape index (κ3) is 5.23. The first kappa shape index (κ1) is 14.6. The zero-order valence-electron chi connectivity index (χ0n) is 11.0. The van der Waals surface area contributed by atoms with Gasteiger partial charge in [0.05, 0.1) is 12.7 Å². The van der Waals surface area contributed by atoms with Crippen molar-refractivity contribution >= 4 is 5.91 Å². The molecule has 1 rings (SSSR count). The third-order valence-electron chi connectivity index (χ3n) is 2.50. The highest BCUT2D eigenvalue weighted by molar-refractivity contribution is 5.78. The van der Waals surface area contributed by atoms with E-state index in [9.17, 15) is 9.18 Å². The van der Waals surface area contributed by atoms with Gasteiger partial charge in [-0.3, -0.25) is 9.78 Å². The molecule has 0 aromatic carbocycles. The van der Waals surface area contributed by atoms with Crippen molar-refractivity contribution in [3.63, 3.8) is 0 Å². The highest BCUT2D eigenvalue weighted by Gasteiger charge is 2.08. The number of nitrogens with one attached hydrogen (secondary N) is 2. The molecule has 2 N–H and O–H groups in total. The number of carbonyl (C=O) groups excluding carboxylic acids is 1. The van der Waals surface area contributed by atoms with Crippen LogP contribution in [0, 0.1) is 11.7 Å². The van der Waals surface area contributed by atoms with E-state index in [0.29, 0.717) is 12.5 Å². The maximum absolute atomic E-state index is 13.0. The molecule has 1 aromatic heterocycles. The molecule has 0 aliphatic heterocycles. The van der Waals surface area contributed by atoms with E-state index in [1.165, 1.54) is 6.07 Å². The minimum atomic E-state index is -0.370. The van der Waals surface area contributed by atoms with E-state index in [4.69, 9.17) is 0 Å². The summed E-state index contributed by atoms with van der Waals surface area (Å²) < 4.78 is 13.0. The Bertz CT molecular complexity index is 396. The van der Waals surface area contributed by atoms with Crippen LogP contribution in [0.3, 0.4) is 0 Å². The maximum Gasteiger partial charge on any atom is 0.233 e. The normalized spacial score (nSPS) is 12.5. The Morgan fingerprint density at radius 2 is 2.11 bits per heavy atom. The van der Waals surface area contributed by atoms with Gasteiger partial charge in [-0.1, -0.05) is 13.8 Å². The summed E-state index contributed by atoms with van der Waals surface area (Å²) in [6, 6.07) is 1.30. The average molecular weight is 253 g/mol. The standard InChI is InChI=1S/C13H20FN3O/c1-9(2)5-17-13(18)8-16-10(3)11-4-12(14)7-15-6-11/h4,6-7,9-10,16H,5,8H2,1-3H3,(H,17,18). The van der Waals surface area contributed by atoms with Gasteiger partial charge in [0.1, 0.15) is 5.82 Å². The van der Waals surface area contributed by atoms with Crippen LogP contribution in [-0.2, 0) is 4.79 Å². The number of pyridine rings is 1. The molecule has 4 nitrogen and oxygen atoms in total. The van der Waals surface area contributed by atoms with Crippen molar-refractivity contribution in [3.8, 4) is 0 Å². The van der Waals surface area contributed by atoms with Crippen LogP contribution in [0.1, 0.15) is 32.4 Å². The minimum Gasteiger partial charge on any atom is -0.355 e. The zero-order chi connectivity index (χ0) is 13.5. The van der Waals surface area contributed by atoms with Gasteiger partial charge >= 0.3 is 0 Å². The lowest BCUT2D eigenvalue weighted by Crippen LogP contribution is -2.36. The fraction of sp³-hybridized carbons (Fsp3) is 0.538. The quantitative estimate of drug-likeness (QED) is 0.810. The van der Waals surface area contributed by atoms with Gasteiger partial charge in [0.15, 0.2) is 0 Å². The first-order valence-corrected chi connectivity index (χ1v) is 6.09. The fourth-order valence-electron chi connectivity index (χ4n) is 1.41. The number of hydrogen-bond donors (Lipinski definition) is 2. The second-order valence-corrected chi connectivity index (χ2v) is 4.74. The Labute approximate surface area is 107 Å². The summed E-state index contributed by atoms with van der Waals surface area (Å²) in [5.74, 6) is 0.00381. The summed E-state index contributed by atoms with van der Waals surface area (Å²) in [4.78, 5) is 15.3. The zero-order valence-corrected chi connectivity index (χ0v) is 11.0. The van der Waals surface area contributed by atoms with Crippen LogP contribution >= 0.6 is 0 Å². The summed E-state index contributed by atoms with van der Waals surface area (Å²) >= 11 is 0. The second kappa shape index (κ2) is 7.06. The molecule has 100 valence electrons. The summed E-state index contributed by atoms with van der Waals surface area (Å²) in [5.41, 5.74) is 0.728. The predicted octanol–water partition coefficient (Wildman–Crippen LogP) is 1.64. The van der Waals surface area contributed by atoms with Gasteiger partial charge in [-0.15, -0.1) is 0 Å². The molecule has 1 amide bonds. The molecule has 0 aliphatic rings. The third-order valence-corrected chi connectivity index (χ3v) is 2.50. The number of halogens is 1. The first-order valence-electron chi connectivity index (χ1n) is 6.09. The Balaban J connectivity index is 2.37. The van der Waals surface area contributed by atoms with Crippen molar-refractivity contribution in [2.24, 2.45) is 5.92 Å². The number of rotatable bonds is 6.